The second-order valence-electron chi connectivity index (χ2n) is 7.03. The average molecular weight is 401 g/mol. The van der Waals surface area contributed by atoms with Gasteiger partial charge in [-0.15, -0.1) is 0 Å². The molecule has 0 N–H and O–H groups in total. The molecule has 148 valence electrons. The van der Waals surface area contributed by atoms with Crippen LogP contribution >= 0.6 is 0 Å². The van der Waals surface area contributed by atoms with Crippen molar-refractivity contribution in [2.45, 2.75) is 24.3 Å². The number of hydrogen-bond donors (Lipinski definition) is 0. The molecule has 3 rings (SSSR count). The third-order valence-electron chi connectivity index (χ3n) is 4.98. The van der Waals surface area contributed by atoms with Gasteiger partial charge in [-0.2, -0.15) is 14.7 Å². The molecule has 0 atom stereocenters. The van der Waals surface area contributed by atoms with Crippen molar-refractivity contribution in [3.8, 4) is 6.07 Å². The number of piperidine rings is 1. The Bertz CT molecular complexity index is 983. The maximum absolute atomic E-state index is 12.8. The molecule has 9 heteroatoms. The summed E-state index contributed by atoms with van der Waals surface area (Å²) in [6, 6.07) is 7.87. The van der Waals surface area contributed by atoms with E-state index in [2.05, 4.69) is 5.10 Å². The molecule has 0 radical (unpaired) electrons. The van der Waals surface area contributed by atoms with Gasteiger partial charge in [-0.25, -0.2) is 8.42 Å². The van der Waals surface area contributed by atoms with E-state index < -0.39 is 10.0 Å². The van der Waals surface area contributed by atoms with Crippen molar-refractivity contribution in [3.05, 3.63) is 47.8 Å². The Morgan fingerprint density at radius 1 is 1.29 bits per heavy atom. The summed E-state index contributed by atoms with van der Waals surface area (Å²) < 4.78 is 28.7. The first-order valence-electron chi connectivity index (χ1n) is 9.04. The van der Waals surface area contributed by atoms with Crippen molar-refractivity contribution in [3.63, 3.8) is 0 Å². The number of aromatic nitrogens is 2. The highest BCUT2D eigenvalue weighted by Gasteiger charge is 2.33. The summed E-state index contributed by atoms with van der Waals surface area (Å²) in [6.07, 6.45) is 4.59. The Balaban J connectivity index is 1.60. The van der Waals surface area contributed by atoms with Crippen LogP contribution in [0.5, 0.6) is 0 Å². The lowest BCUT2D eigenvalue weighted by atomic mass is 9.96. The third-order valence-corrected chi connectivity index (χ3v) is 6.89. The summed E-state index contributed by atoms with van der Waals surface area (Å²) >= 11 is 0. The fourth-order valence-corrected chi connectivity index (χ4v) is 4.88. The van der Waals surface area contributed by atoms with E-state index in [1.165, 1.54) is 28.6 Å². The van der Waals surface area contributed by atoms with E-state index in [4.69, 9.17) is 5.26 Å². The molecule has 1 saturated heterocycles. The van der Waals surface area contributed by atoms with Gasteiger partial charge in [0.15, 0.2) is 0 Å². The van der Waals surface area contributed by atoms with E-state index in [0.717, 1.165) is 5.56 Å². The van der Waals surface area contributed by atoms with Crippen LogP contribution in [0.25, 0.3) is 0 Å². The van der Waals surface area contributed by atoms with Gasteiger partial charge < -0.3 is 4.90 Å². The van der Waals surface area contributed by atoms with Crippen molar-refractivity contribution in [1.29, 1.82) is 5.26 Å². The second kappa shape index (κ2) is 8.12. The molecule has 2 heterocycles. The van der Waals surface area contributed by atoms with Crippen LogP contribution in [0.15, 0.2) is 41.6 Å². The highest BCUT2D eigenvalue weighted by molar-refractivity contribution is 7.89. The number of amides is 1. The minimum atomic E-state index is -3.61. The van der Waals surface area contributed by atoms with Crippen molar-refractivity contribution in [2.24, 2.45) is 13.0 Å². The normalized spacial score (nSPS) is 15.9. The zero-order valence-corrected chi connectivity index (χ0v) is 16.8. The molecule has 1 aliphatic rings. The summed E-state index contributed by atoms with van der Waals surface area (Å²) in [7, 11) is -0.0263. The predicted octanol–water partition coefficient (Wildman–Crippen LogP) is 1.35. The highest BCUT2D eigenvalue weighted by Crippen LogP contribution is 2.25. The molecule has 1 aromatic heterocycles. The molecular weight excluding hydrogens is 378 g/mol. The van der Waals surface area contributed by atoms with E-state index in [0.29, 0.717) is 38.0 Å². The van der Waals surface area contributed by atoms with Gasteiger partial charge in [0.1, 0.15) is 0 Å². The van der Waals surface area contributed by atoms with Crippen LogP contribution in [-0.4, -0.2) is 53.4 Å². The standard InChI is InChI=1S/C19H23N5O3S/c1-22(13-16-12-21-23(2)14-16)19(25)17-7-9-24(10-8-17)28(26,27)18-5-3-15(11-20)4-6-18/h3-6,12,14,17H,7-10,13H2,1-2H3. The molecule has 8 nitrogen and oxygen atoms in total. The fourth-order valence-electron chi connectivity index (χ4n) is 3.41. The molecule has 1 amide bonds. The Labute approximate surface area is 165 Å². The molecule has 0 bridgehead atoms. The fraction of sp³-hybridized carbons (Fsp3) is 0.421. The van der Waals surface area contributed by atoms with Crippen LogP contribution in [0.2, 0.25) is 0 Å². The average Bonchev–Trinajstić information content (AvgIpc) is 3.12. The minimum absolute atomic E-state index is 0.0271. The molecule has 1 fully saturated rings. The van der Waals surface area contributed by atoms with E-state index in [1.807, 2.05) is 19.3 Å². The van der Waals surface area contributed by atoms with Crippen LogP contribution in [0, 0.1) is 17.2 Å². The zero-order chi connectivity index (χ0) is 20.3. The van der Waals surface area contributed by atoms with Gasteiger partial charge in [0, 0.05) is 51.4 Å². The van der Waals surface area contributed by atoms with Crippen LogP contribution in [0.1, 0.15) is 24.0 Å². The number of hydrogen-bond acceptors (Lipinski definition) is 5. The maximum atomic E-state index is 12.8. The van der Waals surface area contributed by atoms with Gasteiger partial charge in [0.2, 0.25) is 15.9 Å². The first-order chi connectivity index (χ1) is 13.3. The molecule has 2 aromatic rings. The second-order valence-corrected chi connectivity index (χ2v) is 8.97. The summed E-state index contributed by atoms with van der Waals surface area (Å²) in [4.78, 5) is 14.6. The van der Waals surface area contributed by atoms with Gasteiger partial charge in [0.05, 0.1) is 22.7 Å². The summed E-state index contributed by atoms with van der Waals surface area (Å²) in [5.74, 6) is -0.159. The number of rotatable bonds is 5. The van der Waals surface area contributed by atoms with Gasteiger partial charge in [0.25, 0.3) is 0 Å². The Morgan fingerprint density at radius 3 is 2.46 bits per heavy atom. The van der Waals surface area contributed by atoms with Crippen molar-refractivity contribution in [1.82, 2.24) is 19.0 Å². The summed E-state index contributed by atoms with van der Waals surface area (Å²) in [6.45, 7) is 1.09. The van der Waals surface area contributed by atoms with Gasteiger partial charge in [-0.05, 0) is 37.1 Å². The lowest BCUT2D eigenvalue weighted by molar-refractivity contribution is -0.135. The topological polar surface area (TPSA) is 99.3 Å². The number of nitriles is 1. The van der Waals surface area contributed by atoms with Crippen molar-refractivity contribution < 1.29 is 13.2 Å². The van der Waals surface area contributed by atoms with E-state index in [9.17, 15) is 13.2 Å². The van der Waals surface area contributed by atoms with Crippen molar-refractivity contribution >= 4 is 15.9 Å². The molecule has 0 saturated carbocycles. The minimum Gasteiger partial charge on any atom is -0.341 e. The number of carbonyl (C=O) groups excluding carboxylic acids is 1. The monoisotopic (exact) mass is 401 g/mol. The number of sulfonamides is 1. The Hall–Kier alpha value is -2.70. The molecular formula is C19H23N5O3S. The van der Waals surface area contributed by atoms with E-state index in [-0.39, 0.29) is 16.7 Å². The van der Waals surface area contributed by atoms with Crippen molar-refractivity contribution in [2.75, 3.05) is 20.1 Å². The Morgan fingerprint density at radius 2 is 1.93 bits per heavy atom. The molecule has 0 unspecified atom stereocenters. The maximum Gasteiger partial charge on any atom is 0.243 e. The Kier molecular flexibility index (Phi) is 5.82. The van der Waals surface area contributed by atoms with Gasteiger partial charge >= 0.3 is 0 Å². The summed E-state index contributed by atoms with van der Waals surface area (Å²) in [5.41, 5.74) is 1.37. The largest absolute Gasteiger partial charge is 0.341 e. The molecule has 1 aliphatic heterocycles. The van der Waals surface area contributed by atoms with E-state index in [1.54, 1.807) is 22.8 Å². The summed E-state index contributed by atoms with van der Waals surface area (Å²) in [5, 5.41) is 13.0. The molecule has 0 aliphatic carbocycles. The predicted molar refractivity (Wildman–Crippen MR) is 102 cm³/mol. The number of nitrogens with zero attached hydrogens (tertiary/aromatic N) is 5. The van der Waals surface area contributed by atoms with Gasteiger partial charge in [-0.3, -0.25) is 9.48 Å². The van der Waals surface area contributed by atoms with Crippen LogP contribution in [0.4, 0.5) is 0 Å². The highest BCUT2D eigenvalue weighted by atomic mass is 32.2. The zero-order valence-electron chi connectivity index (χ0n) is 15.9. The first kappa shape index (κ1) is 20.0. The number of aryl methyl sites for hydroxylation is 1. The third kappa shape index (κ3) is 4.24. The van der Waals surface area contributed by atoms with Crippen LogP contribution in [0.3, 0.4) is 0 Å². The van der Waals surface area contributed by atoms with E-state index >= 15 is 0 Å². The van der Waals surface area contributed by atoms with Crippen LogP contribution < -0.4 is 0 Å². The number of carbonyl (C=O) groups is 1. The first-order valence-corrected chi connectivity index (χ1v) is 10.5. The lowest BCUT2D eigenvalue weighted by Gasteiger charge is -2.32. The number of benzene rings is 1. The quantitative estimate of drug-likeness (QED) is 0.753. The smallest absolute Gasteiger partial charge is 0.243 e. The molecule has 0 spiro atoms. The lowest BCUT2D eigenvalue weighted by Crippen LogP contribution is -2.43. The SMILES string of the molecule is CN(Cc1cnn(C)c1)C(=O)C1CCN(S(=O)(=O)c2ccc(C#N)cc2)CC1. The molecule has 28 heavy (non-hydrogen) atoms. The molecule has 1 aromatic carbocycles. The van der Waals surface area contributed by atoms with Crippen LogP contribution in [-0.2, 0) is 28.4 Å². The van der Waals surface area contributed by atoms with Gasteiger partial charge in [-0.1, -0.05) is 0 Å².